The van der Waals surface area contributed by atoms with Crippen molar-refractivity contribution in [2.24, 2.45) is 5.41 Å². The molecule has 4 nitrogen and oxygen atoms in total. The SMILES string of the molecule is CC1(C#N)CCS(=O)(=O)OC1. The van der Waals surface area contributed by atoms with Gasteiger partial charge in [0.1, 0.15) is 0 Å². The highest BCUT2D eigenvalue weighted by Gasteiger charge is 2.34. The van der Waals surface area contributed by atoms with Crippen molar-refractivity contribution in [3.05, 3.63) is 0 Å². The van der Waals surface area contributed by atoms with E-state index in [9.17, 15) is 8.42 Å². The van der Waals surface area contributed by atoms with Crippen molar-refractivity contribution in [3.8, 4) is 6.07 Å². The zero-order valence-electron chi connectivity index (χ0n) is 6.20. The van der Waals surface area contributed by atoms with Crippen LogP contribution >= 0.6 is 0 Å². The average molecular weight is 175 g/mol. The molecule has 1 saturated heterocycles. The predicted molar refractivity (Wildman–Crippen MR) is 38.1 cm³/mol. The van der Waals surface area contributed by atoms with Gasteiger partial charge in [-0.3, -0.25) is 4.18 Å². The Morgan fingerprint density at radius 2 is 2.27 bits per heavy atom. The minimum absolute atomic E-state index is 0.00810. The number of nitriles is 1. The lowest BCUT2D eigenvalue weighted by Gasteiger charge is -2.25. The third-order valence-corrected chi connectivity index (χ3v) is 2.91. The third-order valence-electron chi connectivity index (χ3n) is 1.73. The summed E-state index contributed by atoms with van der Waals surface area (Å²) in [7, 11) is -3.32. The van der Waals surface area contributed by atoms with Crippen LogP contribution in [0, 0.1) is 16.7 Å². The van der Waals surface area contributed by atoms with E-state index in [1.165, 1.54) is 0 Å². The molecular weight excluding hydrogens is 166 g/mol. The molecule has 0 radical (unpaired) electrons. The number of hydrogen-bond acceptors (Lipinski definition) is 4. The van der Waals surface area contributed by atoms with Gasteiger partial charge in [-0.1, -0.05) is 0 Å². The Labute approximate surface area is 65.9 Å². The molecule has 0 bridgehead atoms. The molecule has 0 aromatic rings. The van der Waals surface area contributed by atoms with Crippen molar-refractivity contribution >= 4 is 10.1 Å². The first-order valence-electron chi connectivity index (χ1n) is 3.26. The van der Waals surface area contributed by atoms with Gasteiger partial charge in [-0.25, -0.2) is 0 Å². The van der Waals surface area contributed by atoms with Crippen LogP contribution in [0.1, 0.15) is 13.3 Å². The van der Waals surface area contributed by atoms with Crippen molar-refractivity contribution in [1.82, 2.24) is 0 Å². The Morgan fingerprint density at radius 1 is 1.64 bits per heavy atom. The maximum Gasteiger partial charge on any atom is 0.267 e. The predicted octanol–water partition coefficient (Wildman–Crippen LogP) is 0.266. The summed E-state index contributed by atoms with van der Waals surface area (Å²) in [5.41, 5.74) is -0.620. The van der Waals surface area contributed by atoms with Crippen molar-refractivity contribution in [2.75, 3.05) is 12.4 Å². The van der Waals surface area contributed by atoms with Crippen molar-refractivity contribution in [1.29, 1.82) is 5.26 Å². The molecule has 0 spiro atoms. The van der Waals surface area contributed by atoms with E-state index in [4.69, 9.17) is 5.26 Å². The molecule has 0 aliphatic carbocycles. The van der Waals surface area contributed by atoms with Gasteiger partial charge in [0.2, 0.25) is 0 Å². The molecule has 1 unspecified atom stereocenters. The summed E-state index contributed by atoms with van der Waals surface area (Å²) in [4.78, 5) is 0. The van der Waals surface area contributed by atoms with Crippen LogP contribution in [0.3, 0.4) is 0 Å². The fourth-order valence-electron chi connectivity index (χ4n) is 0.789. The summed E-state index contributed by atoms with van der Waals surface area (Å²) in [6.45, 7) is 1.69. The summed E-state index contributed by atoms with van der Waals surface area (Å²) in [5.74, 6) is -0.0446. The van der Waals surface area contributed by atoms with Gasteiger partial charge in [-0.15, -0.1) is 0 Å². The molecule has 0 N–H and O–H groups in total. The molecule has 11 heavy (non-hydrogen) atoms. The van der Waals surface area contributed by atoms with Crippen molar-refractivity contribution in [2.45, 2.75) is 13.3 Å². The summed E-state index contributed by atoms with van der Waals surface area (Å²) in [6.07, 6.45) is 0.367. The molecule has 1 fully saturated rings. The molecule has 1 rings (SSSR count). The van der Waals surface area contributed by atoms with Crippen LogP contribution in [0.4, 0.5) is 0 Å². The molecule has 1 heterocycles. The molecule has 0 aromatic heterocycles. The van der Waals surface area contributed by atoms with E-state index in [1.807, 2.05) is 6.07 Å². The Hall–Kier alpha value is -0.600. The first-order valence-corrected chi connectivity index (χ1v) is 4.84. The van der Waals surface area contributed by atoms with Crippen LogP contribution in [0.2, 0.25) is 0 Å². The first kappa shape index (κ1) is 8.50. The van der Waals surface area contributed by atoms with Gasteiger partial charge in [0.05, 0.1) is 23.8 Å². The number of rotatable bonds is 0. The van der Waals surface area contributed by atoms with Crippen LogP contribution < -0.4 is 0 Å². The van der Waals surface area contributed by atoms with Gasteiger partial charge in [0.25, 0.3) is 10.1 Å². The van der Waals surface area contributed by atoms with Crippen LogP contribution in [0.5, 0.6) is 0 Å². The van der Waals surface area contributed by atoms with Gasteiger partial charge in [-0.05, 0) is 13.3 Å². The lowest BCUT2D eigenvalue weighted by Crippen LogP contribution is -2.32. The van der Waals surface area contributed by atoms with Crippen molar-refractivity contribution in [3.63, 3.8) is 0 Å². The maximum atomic E-state index is 10.7. The highest BCUT2D eigenvalue weighted by Crippen LogP contribution is 2.26. The van der Waals surface area contributed by atoms with Gasteiger partial charge in [0, 0.05) is 0 Å². The molecule has 0 aromatic carbocycles. The fraction of sp³-hybridized carbons (Fsp3) is 0.833. The van der Waals surface area contributed by atoms with E-state index in [2.05, 4.69) is 4.18 Å². The van der Waals surface area contributed by atoms with E-state index in [0.29, 0.717) is 6.42 Å². The van der Waals surface area contributed by atoms with Crippen LogP contribution in [0.25, 0.3) is 0 Å². The minimum Gasteiger partial charge on any atom is -0.268 e. The van der Waals surface area contributed by atoms with E-state index in [0.717, 1.165) is 0 Å². The van der Waals surface area contributed by atoms with Gasteiger partial charge in [0.15, 0.2) is 0 Å². The fourth-order valence-corrected chi connectivity index (χ4v) is 2.05. The monoisotopic (exact) mass is 175 g/mol. The number of nitrogens with zero attached hydrogens (tertiary/aromatic N) is 1. The highest BCUT2D eigenvalue weighted by molar-refractivity contribution is 7.86. The summed E-state index contributed by atoms with van der Waals surface area (Å²) < 4.78 is 26.0. The summed E-state index contributed by atoms with van der Waals surface area (Å²) in [6, 6.07) is 2.03. The van der Waals surface area contributed by atoms with Gasteiger partial charge < -0.3 is 0 Å². The average Bonchev–Trinajstić information content (AvgIpc) is 1.97. The van der Waals surface area contributed by atoms with Crippen LogP contribution in [0.15, 0.2) is 0 Å². The Morgan fingerprint density at radius 3 is 2.64 bits per heavy atom. The second kappa shape index (κ2) is 2.47. The first-order chi connectivity index (χ1) is 4.97. The molecule has 1 aliphatic heterocycles. The molecule has 62 valence electrons. The quantitative estimate of drug-likeness (QED) is 0.495. The summed E-state index contributed by atoms with van der Waals surface area (Å²) in [5, 5.41) is 8.60. The highest BCUT2D eigenvalue weighted by atomic mass is 32.2. The van der Waals surface area contributed by atoms with Crippen molar-refractivity contribution < 1.29 is 12.6 Å². The van der Waals surface area contributed by atoms with Gasteiger partial charge in [-0.2, -0.15) is 13.7 Å². The Kier molecular flexibility index (Phi) is 1.90. The lowest BCUT2D eigenvalue weighted by atomic mass is 9.91. The smallest absolute Gasteiger partial charge is 0.267 e. The second-order valence-corrected chi connectivity index (χ2v) is 4.71. The van der Waals surface area contributed by atoms with Crippen LogP contribution in [-0.4, -0.2) is 20.8 Å². The van der Waals surface area contributed by atoms with E-state index < -0.39 is 15.5 Å². The van der Waals surface area contributed by atoms with Crippen LogP contribution in [-0.2, 0) is 14.3 Å². The minimum atomic E-state index is -3.32. The molecule has 0 saturated carbocycles. The molecule has 5 heteroatoms. The largest absolute Gasteiger partial charge is 0.268 e. The Balaban J connectivity index is 2.71. The zero-order valence-corrected chi connectivity index (χ0v) is 7.02. The van der Waals surface area contributed by atoms with Gasteiger partial charge >= 0.3 is 0 Å². The van der Waals surface area contributed by atoms with E-state index in [-0.39, 0.29) is 12.4 Å². The normalized spacial score (nSPS) is 36.0. The van der Waals surface area contributed by atoms with E-state index in [1.54, 1.807) is 6.92 Å². The topological polar surface area (TPSA) is 67.2 Å². The molecule has 1 aliphatic rings. The molecule has 1 atom stereocenters. The number of hydrogen-bond donors (Lipinski definition) is 0. The third kappa shape index (κ3) is 1.91. The molecule has 0 amide bonds. The standard InChI is InChI=1S/C6H9NO3S/c1-6(4-7)2-3-11(8,9)10-5-6/h2-3,5H2,1H3. The maximum absolute atomic E-state index is 10.7. The zero-order chi connectivity index (χ0) is 8.54. The Bertz CT molecular complexity index is 273. The molecular formula is C6H9NO3S. The lowest BCUT2D eigenvalue weighted by molar-refractivity contribution is 0.190. The summed E-state index contributed by atoms with van der Waals surface area (Å²) >= 11 is 0. The second-order valence-electron chi connectivity index (χ2n) is 2.95. The van der Waals surface area contributed by atoms with E-state index >= 15 is 0 Å².